The van der Waals surface area contributed by atoms with Crippen molar-refractivity contribution in [2.45, 2.75) is 25.4 Å². The summed E-state index contributed by atoms with van der Waals surface area (Å²) in [5, 5.41) is 11.4. The van der Waals surface area contributed by atoms with Gasteiger partial charge in [-0.15, -0.1) is 0 Å². The summed E-state index contributed by atoms with van der Waals surface area (Å²) in [7, 11) is 0. The Hall–Kier alpha value is -2.41. The predicted octanol–water partition coefficient (Wildman–Crippen LogP) is -0.227. The molecule has 1 atom stereocenters. The van der Waals surface area contributed by atoms with Crippen molar-refractivity contribution < 1.29 is 14.7 Å². The van der Waals surface area contributed by atoms with Crippen molar-refractivity contribution in [3.63, 3.8) is 0 Å². The number of imidazole rings is 1. The Bertz CT molecular complexity index is 774. The first-order valence-electron chi connectivity index (χ1n) is 6.78. The molecule has 110 valence electrons. The Morgan fingerprint density at radius 1 is 1.19 bits per heavy atom. The van der Waals surface area contributed by atoms with Gasteiger partial charge in [0.05, 0.1) is 24.2 Å². The molecule has 0 aliphatic carbocycles. The minimum Gasteiger partial charge on any atom is -0.395 e. The highest BCUT2D eigenvalue weighted by atomic mass is 16.3. The van der Waals surface area contributed by atoms with Crippen LogP contribution < -0.4 is 11.0 Å². The van der Waals surface area contributed by atoms with Crippen LogP contribution >= 0.6 is 0 Å². The van der Waals surface area contributed by atoms with E-state index in [1.54, 1.807) is 24.3 Å². The van der Waals surface area contributed by atoms with Crippen LogP contribution in [0.2, 0.25) is 0 Å². The number of benzene rings is 1. The zero-order chi connectivity index (χ0) is 15.0. The van der Waals surface area contributed by atoms with E-state index in [2.05, 4.69) is 5.32 Å². The monoisotopic (exact) mass is 289 g/mol. The van der Waals surface area contributed by atoms with Crippen LogP contribution in [-0.2, 0) is 16.1 Å². The van der Waals surface area contributed by atoms with Gasteiger partial charge in [-0.05, 0) is 18.6 Å². The van der Waals surface area contributed by atoms with Crippen molar-refractivity contribution in [3.05, 3.63) is 34.7 Å². The number of aliphatic hydroxyl groups is 1. The Kier molecular flexibility index (Phi) is 3.34. The Labute approximate surface area is 119 Å². The first-order chi connectivity index (χ1) is 10.1. The molecule has 0 saturated carbocycles. The van der Waals surface area contributed by atoms with Crippen LogP contribution in [0.1, 0.15) is 18.9 Å². The number of aliphatic hydroxyl groups excluding tert-OH is 1. The van der Waals surface area contributed by atoms with Crippen molar-refractivity contribution >= 4 is 22.8 Å². The third-order valence-electron chi connectivity index (χ3n) is 3.71. The fraction of sp³-hybridized carbons (Fsp3) is 0.357. The van der Waals surface area contributed by atoms with Gasteiger partial charge in [-0.3, -0.25) is 24.0 Å². The number of imide groups is 1. The second kappa shape index (κ2) is 5.17. The van der Waals surface area contributed by atoms with Gasteiger partial charge < -0.3 is 5.11 Å². The molecule has 1 saturated heterocycles. The van der Waals surface area contributed by atoms with Gasteiger partial charge in [0, 0.05) is 6.42 Å². The quantitative estimate of drug-likeness (QED) is 0.763. The molecular formula is C14H15N3O4. The van der Waals surface area contributed by atoms with Crippen LogP contribution in [0.3, 0.4) is 0 Å². The van der Waals surface area contributed by atoms with E-state index >= 15 is 0 Å². The topological polar surface area (TPSA) is 93.3 Å². The van der Waals surface area contributed by atoms with Crippen LogP contribution in [0.5, 0.6) is 0 Å². The molecule has 2 aromatic rings. The number of nitrogens with one attached hydrogen (secondary N) is 1. The highest BCUT2D eigenvalue weighted by Gasteiger charge is 2.31. The molecule has 1 aliphatic rings. The van der Waals surface area contributed by atoms with Crippen molar-refractivity contribution in [2.24, 2.45) is 0 Å². The van der Waals surface area contributed by atoms with E-state index in [9.17, 15) is 14.4 Å². The standard InChI is InChI=1S/C14H15N3O4/c18-8-7-16-9-3-1-2-4-10(9)17(14(16)21)11-5-6-12(19)15-13(11)20/h1-4,11,18H,5-8H2,(H,15,19,20). The molecule has 3 rings (SSSR count). The fourth-order valence-electron chi connectivity index (χ4n) is 2.78. The zero-order valence-corrected chi connectivity index (χ0v) is 11.3. The van der Waals surface area contributed by atoms with Crippen molar-refractivity contribution in [3.8, 4) is 0 Å². The van der Waals surface area contributed by atoms with Gasteiger partial charge in [0.2, 0.25) is 11.8 Å². The molecule has 0 radical (unpaired) electrons. The van der Waals surface area contributed by atoms with Crippen LogP contribution in [-0.4, -0.2) is 32.7 Å². The van der Waals surface area contributed by atoms with Gasteiger partial charge >= 0.3 is 5.69 Å². The first kappa shape index (κ1) is 13.6. The summed E-state index contributed by atoms with van der Waals surface area (Å²) < 4.78 is 2.85. The summed E-state index contributed by atoms with van der Waals surface area (Å²) >= 11 is 0. The fourth-order valence-corrected chi connectivity index (χ4v) is 2.78. The summed E-state index contributed by atoms with van der Waals surface area (Å²) in [5.41, 5.74) is 0.950. The molecule has 0 bridgehead atoms. The Morgan fingerprint density at radius 2 is 1.90 bits per heavy atom. The predicted molar refractivity (Wildman–Crippen MR) is 74.7 cm³/mol. The molecule has 2 amide bonds. The molecule has 1 unspecified atom stereocenters. The lowest BCUT2D eigenvalue weighted by Crippen LogP contribution is -2.44. The third kappa shape index (κ3) is 2.15. The summed E-state index contributed by atoms with van der Waals surface area (Å²) in [6.07, 6.45) is 0.514. The molecule has 1 aliphatic heterocycles. The van der Waals surface area contributed by atoms with E-state index in [1.165, 1.54) is 9.13 Å². The lowest BCUT2D eigenvalue weighted by atomic mass is 10.1. The van der Waals surface area contributed by atoms with Gasteiger partial charge in [-0.1, -0.05) is 12.1 Å². The lowest BCUT2D eigenvalue weighted by Gasteiger charge is -2.21. The molecule has 7 nitrogen and oxygen atoms in total. The summed E-state index contributed by atoms with van der Waals surface area (Å²) in [6, 6.07) is 6.42. The van der Waals surface area contributed by atoms with E-state index in [0.717, 1.165) is 0 Å². The number of fused-ring (bicyclic) bond motifs is 1. The molecule has 1 aromatic carbocycles. The maximum atomic E-state index is 12.6. The van der Waals surface area contributed by atoms with Gasteiger partial charge in [-0.25, -0.2) is 4.79 Å². The number of aromatic nitrogens is 2. The molecule has 1 fully saturated rings. The largest absolute Gasteiger partial charge is 0.395 e. The van der Waals surface area contributed by atoms with Gasteiger partial charge in [0.1, 0.15) is 6.04 Å². The number of hydrogen-bond donors (Lipinski definition) is 2. The summed E-state index contributed by atoms with van der Waals surface area (Å²) in [4.78, 5) is 35.8. The van der Waals surface area contributed by atoms with E-state index in [4.69, 9.17) is 5.11 Å². The van der Waals surface area contributed by atoms with Crippen molar-refractivity contribution in [2.75, 3.05) is 6.61 Å². The minimum absolute atomic E-state index is 0.163. The molecule has 0 spiro atoms. The lowest BCUT2D eigenvalue weighted by molar-refractivity contribution is -0.135. The maximum absolute atomic E-state index is 12.6. The zero-order valence-electron chi connectivity index (χ0n) is 11.3. The molecule has 2 N–H and O–H groups in total. The SMILES string of the molecule is O=C1CCC(n2c(=O)n(CCO)c3ccccc32)C(=O)N1. The van der Waals surface area contributed by atoms with Crippen LogP contribution in [0.4, 0.5) is 0 Å². The van der Waals surface area contributed by atoms with E-state index in [0.29, 0.717) is 17.5 Å². The molecular weight excluding hydrogens is 274 g/mol. The highest BCUT2D eigenvalue weighted by Crippen LogP contribution is 2.22. The average Bonchev–Trinajstić information content (AvgIpc) is 2.73. The Morgan fingerprint density at radius 3 is 2.57 bits per heavy atom. The van der Waals surface area contributed by atoms with E-state index in [-0.39, 0.29) is 31.2 Å². The second-order valence-corrected chi connectivity index (χ2v) is 4.98. The second-order valence-electron chi connectivity index (χ2n) is 4.98. The number of carbonyl (C=O) groups is 2. The highest BCUT2D eigenvalue weighted by molar-refractivity contribution is 6.00. The average molecular weight is 289 g/mol. The van der Waals surface area contributed by atoms with Crippen LogP contribution in [0.25, 0.3) is 11.0 Å². The summed E-state index contributed by atoms with van der Waals surface area (Å²) in [5.74, 6) is -0.774. The number of hydrogen-bond acceptors (Lipinski definition) is 4. The third-order valence-corrected chi connectivity index (χ3v) is 3.71. The number of amides is 2. The van der Waals surface area contributed by atoms with Gasteiger partial charge in [0.15, 0.2) is 0 Å². The van der Waals surface area contributed by atoms with Crippen LogP contribution in [0.15, 0.2) is 29.1 Å². The molecule has 2 heterocycles. The maximum Gasteiger partial charge on any atom is 0.329 e. The smallest absolute Gasteiger partial charge is 0.329 e. The number of carbonyl (C=O) groups excluding carboxylic acids is 2. The van der Waals surface area contributed by atoms with E-state index < -0.39 is 11.9 Å². The van der Waals surface area contributed by atoms with Gasteiger partial charge in [0.25, 0.3) is 0 Å². The van der Waals surface area contributed by atoms with Crippen molar-refractivity contribution in [1.82, 2.24) is 14.5 Å². The summed E-state index contributed by atoms with van der Waals surface area (Å²) in [6.45, 7) is 0.00286. The number of piperidine rings is 1. The molecule has 7 heteroatoms. The van der Waals surface area contributed by atoms with Gasteiger partial charge in [-0.2, -0.15) is 0 Å². The number of rotatable bonds is 3. The van der Waals surface area contributed by atoms with Crippen LogP contribution in [0, 0.1) is 0 Å². The minimum atomic E-state index is -0.694. The van der Waals surface area contributed by atoms with E-state index in [1.807, 2.05) is 0 Å². The molecule has 1 aromatic heterocycles. The number of para-hydroxylation sites is 2. The normalized spacial score (nSPS) is 19.0. The molecule has 21 heavy (non-hydrogen) atoms. The van der Waals surface area contributed by atoms with Crippen molar-refractivity contribution in [1.29, 1.82) is 0 Å². The number of nitrogens with zero attached hydrogens (tertiary/aromatic N) is 2. The Balaban J connectivity index is 2.18. The first-order valence-corrected chi connectivity index (χ1v) is 6.78.